The Hall–Kier alpha value is -1.95. The van der Waals surface area contributed by atoms with Gasteiger partial charge in [0, 0.05) is 5.56 Å². The van der Waals surface area contributed by atoms with Crippen molar-refractivity contribution < 1.29 is 23.5 Å². The van der Waals surface area contributed by atoms with E-state index < -0.39 is 17.6 Å². The molecule has 2 rings (SSSR count). The third-order valence-corrected chi connectivity index (χ3v) is 2.83. The molecule has 0 bridgehead atoms. The van der Waals surface area contributed by atoms with Gasteiger partial charge in [0.05, 0.1) is 4.47 Å². The SMILES string of the molecule is O=C(O)c1ccc(C(=O)c2ccc(F)c(Br)c2)o1. The number of rotatable bonds is 3. The van der Waals surface area contributed by atoms with Crippen LogP contribution in [0.3, 0.4) is 0 Å². The van der Waals surface area contributed by atoms with Crippen LogP contribution >= 0.6 is 15.9 Å². The molecular weight excluding hydrogens is 307 g/mol. The van der Waals surface area contributed by atoms with E-state index in [-0.39, 0.29) is 21.6 Å². The van der Waals surface area contributed by atoms with E-state index in [2.05, 4.69) is 15.9 Å². The first-order chi connectivity index (χ1) is 8.49. The monoisotopic (exact) mass is 312 g/mol. The van der Waals surface area contributed by atoms with Crippen LogP contribution in [0.4, 0.5) is 4.39 Å². The molecule has 0 spiro atoms. The largest absolute Gasteiger partial charge is 0.475 e. The summed E-state index contributed by atoms with van der Waals surface area (Å²) in [4.78, 5) is 22.5. The number of carbonyl (C=O) groups excluding carboxylic acids is 1. The van der Waals surface area contributed by atoms with E-state index in [1.54, 1.807) is 0 Å². The summed E-state index contributed by atoms with van der Waals surface area (Å²) in [7, 11) is 0. The zero-order valence-corrected chi connectivity index (χ0v) is 10.4. The Labute approximate surface area is 109 Å². The van der Waals surface area contributed by atoms with Crippen molar-refractivity contribution in [3.8, 4) is 0 Å². The van der Waals surface area contributed by atoms with Crippen LogP contribution < -0.4 is 0 Å². The molecule has 0 fully saturated rings. The first-order valence-corrected chi connectivity index (χ1v) is 5.61. The number of hydrogen-bond donors (Lipinski definition) is 1. The molecule has 0 unspecified atom stereocenters. The fourth-order valence-electron chi connectivity index (χ4n) is 1.35. The molecule has 1 N–H and O–H groups in total. The van der Waals surface area contributed by atoms with Gasteiger partial charge in [0.25, 0.3) is 0 Å². The second-order valence-corrected chi connectivity index (χ2v) is 4.28. The third kappa shape index (κ3) is 2.33. The standard InChI is InChI=1S/C12H6BrFO4/c13-7-5-6(1-2-8(7)14)11(15)9-3-4-10(18-9)12(16)17/h1-5H,(H,16,17). The molecular formula is C12H6BrFO4. The Bertz CT molecular complexity index is 633. The quantitative estimate of drug-likeness (QED) is 0.884. The molecule has 0 aliphatic rings. The molecule has 1 heterocycles. The molecule has 2 aromatic rings. The molecule has 6 heteroatoms. The van der Waals surface area contributed by atoms with Gasteiger partial charge in [-0.15, -0.1) is 0 Å². The molecule has 0 amide bonds. The summed E-state index contributed by atoms with van der Waals surface area (Å²) >= 11 is 2.96. The van der Waals surface area contributed by atoms with E-state index in [9.17, 15) is 14.0 Å². The van der Waals surface area contributed by atoms with Crippen LogP contribution in [0.15, 0.2) is 39.2 Å². The number of ketones is 1. The smallest absolute Gasteiger partial charge is 0.371 e. The topological polar surface area (TPSA) is 67.5 Å². The maximum absolute atomic E-state index is 13.0. The molecule has 1 aromatic heterocycles. The van der Waals surface area contributed by atoms with E-state index in [4.69, 9.17) is 9.52 Å². The van der Waals surface area contributed by atoms with Gasteiger partial charge < -0.3 is 9.52 Å². The molecule has 0 radical (unpaired) electrons. The van der Waals surface area contributed by atoms with Crippen LogP contribution in [-0.2, 0) is 0 Å². The van der Waals surface area contributed by atoms with Gasteiger partial charge in [-0.2, -0.15) is 0 Å². The fourth-order valence-corrected chi connectivity index (χ4v) is 1.73. The minimum Gasteiger partial charge on any atom is -0.475 e. The van der Waals surface area contributed by atoms with Crippen molar-refractivity contribution in [1.82, 2.24) is 0 Å². The normalized spacial score (nSPS) is 10.3. The molecule has 0 saturated carbocycles. The van der Waals surface area contributed by atoms with Crippen molar-refractivity contribution in [2.24, 2.45) is 0 Å². The number of benzene rings is 1. The minimum atomic E-state index is -1.26. The molecule has 4 nitrogen and oxygen atoms in total. The van der Waals surface area contributed by atoms with Crippen molar-refractivity contribution >= 4 is 27.7 Å². The lowest BCUT2D eigenvalue weighted by atomic mass is 10.1. The van der Waals surface area contributed by atoms with Crippen LogP contribution in [0.1, 0.15) is 26.7 Å². The van der Waals surface area contributed by atoms with Crippen molar-refractivity contribution in [2.75, 3.05) is 0 Å². The van der Waals surface area contributed by atoms with Crippen molar-refractivity contribution in [3.63, 3.8) is 0 Å². The second-order valence-electron chi connectivity index (χ2n) is 3.43. The number of hydrogen-bond acceptors (Lipinski definition) is 3. The zero-order valence-electron chi connectivity index (χ0n) is 8.81. The number of aromatic carboxylic acids is 1. The molecule has 0 aliphatic carbocycles. The predicted octanol–water partition coefficient (Wildman–Crippen LogP) is 3.11. The highest BCUT2D eigenvalue weighted by Crippen LogP contribution is 2.20. The number of carbonyl (C=O) groups is 2. The molecule has 1 aromatic carbocycles. The van der Waals surface area contributed by atoms with Gasteiger partial charge in [-0.3, -0.25) is 4.79 Å². The van der Waals surface area contributed by atoms with E-state index in [0.29, 0.717) is 0 Å². The average molecular weight is 313 g/mol. The summed E-state index contributed by atoms with van der Waals surface area (Å²) in [5.41, 5.74) is 0.203. The Morgan fingerprint density at radius 1 is 1.17 bits per heavy atom. The van der Waals surface area contributed by atoms with Gasteiger partial charge in [-0.1, -0.05) is 0 Å². The summed E-state index contributed by atoms with van der Waals surface area (Å²) in [5, 5.41) is 8.67. The van der Waals surface area contributed by atoms with Gasteiger partial charge in [0.2, 0.25) is 11.5 Å². The minimum absolute atomic E-state index is 0.106. The van der Waals surface area contributed by atoms with Crippen molar-refractivity contribution in [2.45, 2.75) is 0 Å². The first kappa shape index (κ1) is 12.5. The summed E-state index contributed by atoms with van der Waals surface area (Å²) in [6, 6.07) is 6.20. The van der Waals surface area contributed by atoms with Crippen molar-refractivity contribution in [1.29, 1.82) is 0 Å². The predicted molar refractivity (Wildman–Crippen MR) is 63.2 cm³/mol. The van der Waals surface area contributed by atoms with Gasteiger partial charge in [-0.05, 0) is 46.3 Å². The van der Waals surface area contributed by atoms with Crippen molar-refractivity contribution in [3.05, 3.63) is 57.7 Å². The van der Waals surface area contributed by atoms with E-state index in [0.717, 1.165) is 6.07 Å². The molecule has 0 saturated heterocycles. The highest BCUT2D eigenvalue weighted by Gasteiger charge is 2.17. The summed E-state index contributed by atoms with van der Waals surface area (Å²) in [6.07, 6.45) is 0. The first-order valence-electron chi connectivity index (χ1n) is 4.82. The Morgan fingerprint density at radius 3 is 2.39 bits per heavy atom. The van der Waals surface area contributed by atoms with Gasteiger partial charge in [-0.25, -0.2) is 9.18 Å². The fraction of sp³-hybridized carbons (Fsp3) is 0. The Morgan fingerprint density at radius 2 is 1.83 bits per heavy atom. The molecule has 92 valence electrons. The third-order valence-electron chi connectivity index (χ3n) is 2.22. The summed E-state index contributed by atoms with van der Waals surface area (Å²) in [6.45, 7) is 0. The number of carboxylic acid groups (broad SMARTS) is 1. The van der Waals surface area contributed by atoms with Crippen LogP contribution in [0.5, 0.6) is 0 Å². The number of carboxylic acids is 1. The highest BCUT2D eigenvalue weighted by molar-refractivity contribution is 9.10. The lowest BCUT2D eigenvalue weighted by molar-refractivity contribution is 0.0660. The second kappa shape index (κ2) is 4.73. The van der Waals surface area contributed by atoms with E-state index >= 15 is 0 Å². The van der Waals surface area contributed by atoms with Crippen LogP contribution in [-0.4, -0.2) is 16.9 Å². The average Bonchev–Trinajstić information content (AvgIpc) is 2.81. The molecule has 18 heavy (non-hydrogen) atoms. The van der Waals surface area contributed by atoms with Crippen LogP contribution in [0.25, 0.3) is 0 Å². The Balaban J connectivity index is 2.35. The van der Waals surface area contributed by atoms with Crippen LogP contribution in [0.2, 0.25) is 0 Å². The highest BCUT2D eigenvalue weighted by atomic mass is 79.9. The number of furan rings is 1. The summed E-state index contributed by atoms with van der Waals surface area (Å²) < 4.78 is 18.0. The van der Waals surface area contributed by atoms with Gasteiger partial charge in [0.1, 0.15) is 5.82 Å². The van der Waals surface area contributed by atoms with Crippen LogP contribution in [0, 0.1) is 5.82 Å². The Kier molecular flexibility index (Phi) is 3.29. The zero-order chi connectivity index (χ0) is 13.3. The maximum atomic E-state index is 13.0. The molecule has 0 atom stereocenters. The van der Waals surface area contributed by atoms with E-state index in [1.165, 1.54) is 24.3 Å². The number of halogens is 2. The van der Waals surface area contributed by atoms with Gasteiger partial charge >= 0.3 is 5.97 Å². The maximum Gasteiger partial charge on any atom is 0.371 e. The lowest BCUT2D eigenvalue weighted by Crippen LogP contribution is -2.00. The van der Waals surface area contributed by atoms with E-state index in [1.807, 2.05) is 0 Å². The summed E-state index contributed by atoms with van der Waals surface area (Å²) in [5.74, 6) is -2.68. The lowest BCUT2D eigenvalue weighted by Gasteiger charge is -1.99. The van der Waals surface area contributed by atoms with Gasteiger partial charge in [0.15, 0.2) is 5.76 Å². The molecule has 0 aliphatic heterocycles.